The minimum absolute atomic E-state index is 0.194. The van der Waals surface area contributed by atoms with E-state index in [1.165, 1.54) is 0 Å². The first-order valence-electron chi connectivity index (χ1n) is 7.11. The number of ether oxygens (including phenoxy) is 1. The Morgan fingerprint density at radius 1 is 1.41 bits per heavy atom. The fourth-order valence-corrected chi connectivity index (χ4v) is 1.88. The zero-order valence-electron chi connectivity index (χ0n) is 13.4. The van der Waals surface area contributed by atoms with Gasteiger partial charge in [0.05, 0.1) is 18.7 Å². The van der Waals surface area contributed by atoms with Gasteiger partial charge < -0.3 is 15.3 Å². The van der Waals surface area contributed by atoms with E-state index >= 15 is 0 Å². The van der Waals surface area contributed by atoms with E-state index in [1.807, 2.05) is 36.4 Å². The zero-order chi connectivity index (χ0) is 16.8. The molecule has 0 saturated carbocycles. The van der Waals surface area contributed by atoms with E-state index in [0.29, 0.717) is 0 Å². The second kappa shape index (κ2) is 7.78. The molecule has 0 aliphatic rings. The van der Waals surface area contributed by atoms with Crippen LogP contribution in [0.15, 0.2) is 30.3 Å². The van der Waals surface area contributed by atoms with Gasteiger partial charge in [-0.15, -0.1) is 0 Å². The molecule has 0 aromatic heterocycles. The van der Waals surface area contributed by atoms with Crippen molar-refractivity contribution < 1.29 is 14.7 Å². The predicted octanol–water partition coefficient (Wildman–Crippen LogP) is 2.68. The summed E-state index contributed by atoms with van der Waals surface area (Å²) in [6, 6.07) is 9.81. The number of hydroxylamine groups is 2. The first-order chi connectivity index (χ1) is 10.2. The third-order valence-electron chi connectivity index (χ3n) is 2.86. The lowest BCUT2D eigenvalue weighted by Gasteiger charge is -2.27. The molecule has 2 atom stereocenters. The highest BCUT2D eigenvalue weighted by Crippen LogP contribution is 2.10. The van der Waals surface area contributed by atoms with Crippen molar-refractivity contribution in [2.24, 2.45) is 0 Å². The zero-order valence-corrected chi connectivity index (χ0v) is 13.4. The third kappa shape index (κ3) is 6.12. The topological polar surface area (TPSA) is 85.6 Å². The van der Waals surface area contributed by atoms with Gasteiger partial charge in [-0.05, 0) is 33.3 Å². The van der Waals surface area contributed by atoms with Crippen molar-refractivity contribution in [2.45, 2.75) is 51.9 Å². The van der Waals surface area contributed by atoms with Crippen molar-refractivity contribution in [3.8, 4) is 6.07 Å². The number of nitrogens with one attached hydrogen (secondary N) is 1. The second-order valence-electron chi connectivity index (χ2n) is 6.09. The fourth-order valence-electron chi connectivity index (χ4n) is 1.88. The summed E-state index contributed by atoms with van der Waals surface area (Å²) in [5.74, 6) is 0. The average molecular weight is 305 g/mol. The van der Waals surface area contributed by atoms with Crippen molar-refractivity contribution in [3.63, 3.8) is 0 Å². The highest BCUT2D eigenvalue weighted by Gasteiger charge is 2.26. The smallest absolute Gasteiger partial charge is 0.407 e. The van der Waals surface area contributed by atoms with Crippen LogP contribution in [-0.4, -0.2) is 34.0 Å². The largest absolute Gasteiger partial charge is 0.444 e. The number of rotatable bonds is 5. The van der Waals surface area contributed by atoms with E-state index in [-0.39, 0.29) is 6.54 Å². The van der Waals surface area contributed by atoms with Gasteiger partial charge in [0.15, 0.2) is 0 Å². The molecule has 1 aromatic rings. The summed E-state index contributed by atoms with van der Waals surface area (Å²) in [6.45, 7) is 7.11. The third-order valence-corrected chi connectivity index (χ3v) is 2.86. The summed E-state index contributed by atoms with van der Waals surface area (Å²) >= 11 is 0. The highest BCUT2D eigenvalue weighted by molar-refractivity contribution is 5.68. The molecule has 6 nitrogen and oxygen atoms in total. The van der Waals surface area contributed by atoms with Crippen LogP contribution < -0.4 is 5.32 Å². The molecule has 22 heavy (non-hydrogen) atoms. The molecule has 0 fully saturated rings. The number of hydrogen-bond acceptors (Lipinski definition) is 5. The lowest BCUT2D eigenvalue weighted by atomic mass is 10.1. The molecule has 2 N–H and O–H groups in total. The summed E-state index contributed by atoms with van der Waals surface area (Å²) in [5.41, 5.74) is 0.254. The number of hydrogen-bond donors (Lipinski definition) is 2. The van der Waals surface area contributed by atoms with Gasteiger partial charge in [-0.1, -0.05) is 30.3 Å². The van der Waals surface area contributed by atoms with Gasteiger partial charge in [-0.25, -0.2) is 4.79 Å². The predicted molar refractivity (Wildman–Crippen MR) is 82.0 cm³/mol. The molecule has 0 spiro atoms. The Morgan fingerprint density at radius 3 is 2.50 bits per heavy atom. The molecule has 0 aliphatic heterocycles. The lowest BCUT2D eigenvalue weighted by Crippen LogP contribution is -2.49. The van der Waals surface area contributed by atoms with E-state index in [9.17, 15) is 15.3 Å². The number of benzene rings is 1. The summed E-state index contributed by atoms with van der Waals surface area (Å²) in [6.07, 6.45) is -0.617. The van der Waals surface area contributed by atoms with Crippen LogP contribution in [0.1, 0.15) is 33.3 Å². The Bertz CT molecular complexity index is 520. The molecule has 1 unspecified atom stereocenters. The van der Waals surface area contributed by atoms with Crippen LogP contribution >= 0.6 is 0 Å². The molecule has 0 aliphatic carbocycles. The number of alkyl carbamates (subject to hydrolysis) is 1. The molecular formula is C16H23N3O3. The number of nitriles is 1. The molecule has 0 saturated heterocycles. The Kier molecular flexibility index (Phi) is 6.35. The summed E-state index contributed by atoms with van der Waals surface area (Å²) in [7, 11) is 0. The normalized spacial score (nSPS) is 14.0. The molecule has 0 radical (unpaired) electrons. The Hall–Kier alpha value is -2.10. The number of nitrogens with zero attached hydrogens (tertiary/aromatic N) is 2. The molecular weight excluding hydrogens is 282 g/mol. The van der Waals surface area contributed by atoms with Crippen molar-refractivity contribution in [1.29, 1.82) is 5.26 Å². The van der Waals surface area contributed by atoms with E-state index < -0.39 is 23.8 Å². The van der Waals surface area contributed by atoms with Crippen molar-refractivity contribution in [1.82, 2.24) is 10.4 Å². The first-order valence-corrected chi connectivity index (χ1v) is 7.11. The summed E-state index contributed by atoms with van der Waals surface area (Å²) in [5, 5.41) is 22.8. The summed E-state index contributed by atoms with van der Waals surface area (Å²) < 4.78 is 5.14. The number of amides is 1. The van der Waals surface area contributed by atoms with Crippen LogP contribution in [-0.2, 0) is 11.3 Å². The molecule has 0 heterocycles. The molecule has 1 amide bonds. The van der Waals surface area contributed by atoms with Crippen LogP contribution in [0, 0.1) is 11.3 Å². The van der Waals surface area contributed by atoms with E-state index in [4.69, 9.17) is 4.74 Å². The number of carbonyl (C=O) groups is 1. The fraction of sp³-hybridized carbons (Fsp3) is 0.500. The standard InChI is InChI=1S/C16H23N3O3/c1-12(18-15(20)22-16(2,3)4)14(10-17)19(21)11-13-8-6-5-7-9-13/h5-9,12,14,21H,11H2,1-4H3,(H,18,20)/t12-,14?/m0/s1. The maximum Gasteiger partial charge on any atom is 0.407 e. The van der Waals surface area contributed by atoms with Gasteiger partial charge in [-0.2, -0.15) is 10.3 Å². The molecule has 1 rings (SSSR count). The van der Waals surface area contributed by atoms with Gasteiger partial charge in [0.25, 0.3) is 0 Å². The van der Waals surface area contributed by atoms with E-state index in [2.05, 4.69) is 5.32 Å². The van der Waals surface area contributed by atoms with Gasteiger partial charge >= 0.3 is 6.09 Å². The average Bonchev–Trinajstić information content (AvgIpc) is 2.38. The Morgan fingerprint density at radius 2 is 2.00 bits per heavy atom. The van der Waals surface area contributed by atoms with E-state index in [0.717, 1.165) is 10.6 Å². The SMILES string of the molecule is C[C@H](NC(=O)OC(C)(C)C)C(C#N)N(O)Cc1ccccc1. The maximum atomic E-state index is 11.7. The first kappa shape index (κ1) is 18.0. The van der Waals surface area contributed by atoms with Gasteiger partial charge in [-0.3, -0.25) is 0 Å². The molecule has 1 aromatic carbocycles. The van der Waals surface area contributed by atoms with Crippen LogP contribution in [0.2, 0.25) is 0 Å². The Labute approximate surface area is 131 Å². The van der Waals surface area contributed by atoms with Gasteiger partial charge in [0.1, 0.15) is 11.6 Å². The Balaban J connectivity index is 2.62. The number of carbonyl (C=O) groups excluding carboxylic acids is 1. The van der Waals surface area contributed by atoms with Crippen LogP contribution in [0.4, 0.5) is 4.79 Å². The molecule has 6 heteroatoms. The minimum atomic E-state index is -0.882. The minimum Gasteiger partial charge on any atom is -0.444 e. The lowest BCUT2D eigenvalue weighted by molar-refractivity contribution is -0.126. The second-order valence-corrected chi connectivity index (χ2v) is 6.09. The highest BCUT2D eigenvalue weighted by atomic mass is 16.6. The van der Waals surface area contributed by atoms with Gasteiger partial charge in [0.2, 0.25) is 0 Å². The maximum absolute atomic E-state index is 11.7. The monoisotopic (exact) mass is 305 g/mol. The van der Waals surface area contributed by atoms with Crippen molar-refractivity contribution >= 4 is 6.09 Å². The molecule has 0 bridgehead atoms. The van der Waals surface area contributed by atoms with Crippen LogP contribution in [0.3, 0.4) is 0 Å². The molecule has 120 valence electrons. The van der Waals surface area contributed by atoms with Crippen molar-refractivity contribution in [3.05, 3.63) is 35.9 Å². The quantitative estimate of drug-likeness (QED) is 0.817. The van der Waals surface area contributed by atoms with Crippen LogP contribution in [0.25, 0.3) is 0 Å². The van der Waals surface area contributed by atoms with Crippen LogP contribution in [0.5, 0.6) is 0 Å². The van der Waals surface area contributed by atoms with Gasteiger partial charge in [0, 0.05) is 0 Å². The van der Waals surface area contributed by atoms with E-state index in [1.54, 1.807) is 27.7 Å². The summed E-state index contributed by atoms with van der Waals surface area (Å²) in [4.78, 5) is 11.7. The van der Waals surface area contributed by atoms with Crippen molar-refractivity contribution in [2.75, 3.05) is 0 Å².